The Morgan fingerprint density at radius 2 is 1.88 bits per heavy atom. The molecule has 0 aliphatic rings. The summed E-state index contributed by atoms with van der Waals surface area (Å²) in [4.78, 5) is 12.0. The zero-order chi connectivity index (χ0) is 16.9. The Morgan fingerprint density at radius 1 is 1.08 bits per heavy atom. The average Bonchev–Trinajstić information content (AvgIpc) is 3.08. The van der Waals surface area contributed by atoms with Crippen molar-refractivity contribution in [2.24, 2.45) is 0 Å². The van der Waals surface area contributed by atoms with E-state index in [9.17, 15) is 13.6 Å². The third-order valence-corrected chi connectivity index (χ3v) is 3.50. The van der Waals surface area contributed by atoms with Crippen molar-refractivity contribution in [1.82, 2.24) is 10.5 Å². The quantitative estimate of drug-likeness (QED) is 0.779. The van der Waals surface area contributed by atoms with E-state index in [2.05, 4.69) is 10.5 Å². The van der Waals surface area contributed by atoms with Gasteiger partial charge in [-0.2, -0.15) is 0 Å². The van der Waals surface area contributed by atoms with Gasteiger partial charge in [-0.25, -0.2) is 8.78 Å². The van der Waals surface area contributed by atoms with Gasteiger partial charge in [0.15, 0.2) is 11.5 Å². The van der Waals surface area contributed by atoms with E-state index in [-0.39, 0.29) is 18.7 Å². The maximum absolute atomic E-state index is 13.5. The highest BCUT2D eigenvalue weighted by Crippen LogP contribution is 2.19. The Hall–Kier alpha value is -3.02. The van der Waals surface area contributed by atoms with Gasteiger partial charge in [0.2, 0.25) is 0 Å². The van der Waals surface area contributed by atoms with Crippen LogP contribution in [0.1, 0.15) is 16.1 Å². The second-order valence-electron chi connectivity index (χ2n) is 5.18. The largest absolute Gasteiger partial charge is 0.355 e. The summed E-state index contributed by atoms with van der Waals surface area (Å²) < 4.78 is 31.5. The number of amides is 1. The number of carbonyl (C=O) groups excluding carboxylic acids is 1. The second kappa shape index (κ2) is 7.04. The predicted molar refractivity (Wildman–Crippen MR) is 84.3 cm³/mol. The van der Waals surface area contributed by atoms with Gasteiger partial charge in [0, 0.05) is 24.2 Å². The van der Waals surface area contributed by atoms with Crippen molar-refractivity contribution in [2.75, 3.05) is 6.54 Å². The molecule has 0 saturated carbocycles. The van der Waals surface area contributed by atoms with Crippen molar-refractivity contribution in [3.63, 3.8) is 0 Å². The lowest BCUT2D eigenvalue weighted by Crippen LogP contribution is -2.26. The topological polar surface area (TPSA) is 55.1 Å². The fraction of sp³-hybridized carbons (Fsp3) is 0.111. The van der Waals surface area contributed by atoms with Crippen LogP contribution in [0.4, 0.5) is 8.78 Å². The normalized spacial score (nSPS) is 10.6. The third kappa shape index (κ3) is 3.65. The summed E-state index contributed by atoms with van der Waals surface area (Å²) in [7, 11) is 0. The molecule has 3 aromatic rings. The molecule has 4 nitrogen and oxygen atoms in total. The minimum atomic E-state index is -0.628. The third-order valence-electron chi connectivity index (χ3n) is 3.50. The number of hydrogen-bond acceptors (Lipinski definition) is 3. The van der Waals surface area contributed by atoms with Gasteiger partial charge < -0.3 is 9.84 Å². The minimum absolute atomic E-state index is 0.147. The lowest BCUT2D eigenvalue weighted by Gasteiger charge is -2.04. The first-order valence-corrected chi connectivity index (χ1v) is 7.38. The molecule has 122 valence electrons. The van der Waals surface area contributed by atoms with Crippen LogP contribution >= 0.6 is 0 Å². The number of aromatic nitrogens is 1. The van der Waals surface area contributed by atoms with E-state index in [4.69, 9.17) is 4.52 Å². The number of halogens is 2. The van der Waals surface area contributed by atoms with Gasteiger partial charge in [0.25, 0.3) is 5.91 Å². The number of nitrogens with one attached hydrogen (secondary N) is 1. The molecule has 1 amide bonds. The van der Waals surface area contributed by atoms with Crippen LogP contribution < -0.4 is 5.32 Å². The highest BCUT2D eigenvalue weighted by molar-refractivity contribution is 5.93. The molecule has 2 aromatic carbocycles. The van der Waals surface area contributed by atoms with Crippen molar-refractivity contribution in [1.29, 1.82) is 0 Å². The molecular formula is C18H14F2N2O2. The van der Waals surface area contributed by atoms with Crippen molar-refractivity contribution in [3.8, 4) is 11.3 Å². The lowest BCUT2D eigenvalue weighted by atomic mass is 10.1. The smallest absolute Gasteiger partial charge is 0.273 e. The van der Waals surface area contributed by atoms with E-state index in [0.717, 1.165) is 11.6 Å². The Kier molecular flexibility index (Phi) is 4.65. The first-order chi connectivity index (χ1) is 11.6. The Balaban J connectivity index is 1.59. The van der Waals surface area contributed by atoms with Crippen LogP contribution in [0.3, 0.4) is 0 Å². The molecule has 6 heteroatoms. The summed E-state index contributed by atoms with van der Waals surface area (Å²) in [6.45, 7) is 0.203. The fourth-order valence-electron chi connectivity index (χ4n) is 2.25. The summed E-state index contributed by atoms with van der Waals surface area (Å²) in [5.41, 5.74) is 1.30. The van der Waals surface area contributed by atoms with Crippen LogP contribution in [0.15, 0.2) is 59.1 Å². The molecule has 0 unspecified atom stereocenters. The molecule has 0 spiro atoms. The SMILES string of the molecule is O=C(NCCc1ccc(F)cc1F)c1cc(-c2ccccc2)on1. The van der Waals surface area contributed by atoms with Gasteiger partial charge in [-0.15, -0.1) is 0 Å². The molecule has 0 saturated heterocycles. The van der Waals surface area contributed by atoms with Gasteiger partial charge in [-0.3, -0.25) is 4.79 Å². The summed E-state index contributed by atoms with van der Waals surface area (Å²) in [6, 6.07) is 14.2. The fourth-order valence-corrected chi connectivity index (χ4v) is 2.25. The van der Waals surface area contributed by atoms with Gasteiger partial charge >= 0.3 is 0 Å². The van der Waals surface area contributed by atoms with Gasteiger partial charge in [-0.05, 0) is 18.1 Å². The highest BCUT2D eigenvalue weighted by Gasteiger charge is 2.13. The maximum Gasteiger partial charge on any atom is 0.273 e. The van der Waals surface area contributed by atoms with E-state index in [1.54, 1.807) is 6.07 Å². The summed E-state index contributed by atoms with van der Waals surface area (Å²) in [5.74, 6) is -1.18. The Labute approximate surface area is 137 Å². The standard InChI is InChI=1S/C18H14F2N2O2/c19-14-7-6-12(15(20)10-14)8-9-21-18(23)16-11-17(24-22-16)13-4-2-1-3-5-13/h1-7,10-11H,8-9H2,(H,21,23). The van der Waals surface area contributed by atoms with Crippen LogP contribution in [-0.2, 0) is 6.42 Å². The molecule has 1 aromatic heterocycles. The van der Waals surface area contributed by atoms with Crippen molar-refractivity contribution in [2.45, 2.75) is 6.42 Å². The number of hydrogen-bond donors (Lipinski definition) is 1. The van der Waals surface area contributed by atoms with E-state index >= 15 is 0 Å². The predicted octanol–water partition coefficient (Wildman–Crippen LogP) is 3.59. The van der Waals surface area contributed by atoms with Gasteiger partial charge in [0.1, 0.15) is 11.6 Å². The highest BCUT2D eigenvalue weighted by atomic mass is 19.1. The van der Waals surface area contributed by atoms with E-state index in [0.29, 0.717) is 11.3 Å². The van der Waals surface area contributed by atoms with Crippen molar-refractivity contribution < 1.29 is 18.1 Å². The maximum atomic E-state index is 13.5. The van der Waals surface area contributed by atoms with E-state index < -0.39 is 17.5 Å². The average molecular weight is 328 g/mol. The molecular weight excluding hydrogens is 314 g/mol. The minimum Gasteiger partial charge on any atom is -0.355 e. The molecule has 0 fully saturated rings. The van der Waals surface area contributed by atoms with E-state index in [1.807, 2.05) is 30.3 Å². The van der Waals surface area contributed by atoms with Crippen molar-refractivity contribution >= 4 is 5.91 Å². The summed E-state index contributed by atoms with van der Waals surface area (Å²) in [5, 5.41) is 6.37. The molecule has 0 atom stereocenters. The zero-order valence-corrected chi connectivity index (χ0v) is 12.6. The van der Waals surface area contributed by atoms with Crippen molar-refractivity contribution in [3.05, 3.63) is 77.5 Å². The molecule has 24 heavy (non-hydrogen) atoms. The van der Waals surface area contributed by atoms with Crippen LogP contribution in [0.2, 0.25) is 0 Å². The Bertz CT molecular complexity index is 847. The van der Waals surface area contributed by atoms with Crippen LogP contribution in [0, 0.1) is 11.6 Å². The number of nitrogens with zero attached hydrogens (tertiary/aromatic N) is 1. The number of rotatable bonds is 5. The molecule has 3 rings (SSSR count). The number of benzene rings is 2. The monoisotopic (exact) mass is 328 g/mol. The van der Waals surface area contributed by atoms with Crippen LogP contribution in [0.25, 0.3) is 11.3 Å². The van der Waals surface area contributed by atoms with E-state index in [1.165, 1.54) is 12.1 Å². The molecule has 1 N–H and O–H groups in total. The molecule has 0 aliphatic heterocycles. The molecule has 0 aliphatic carbocycles. The lowest BCUT2D eigenvalue weighted by molar-refractivity contribution is 0.0945. The molecule has 1 heterocycles. The zero-order valence-electron chi connectivity index (χ0n) is 12.6. The summed E-state index contributed by atoms with van der Waals surface area (Å²) in [6.07, 6.45) is 0.251. The van der Waals surface area contributed by atoms with Crippen LogP contribution in [-0.4, -0.2) is 17.6 Å². The first-order valence-electron chi connectivity index (χ1n) is 7.38. The second-order valence-corrected chi connectivity index (χ2v) is 5.18. The van der Waals surface area contributed by atoms with Gasteiger partial charge in [-0.1, -0.05) is 41.6 Å². The number of carbonyl (C=O) groups is 1. The summed E-state index contributed by atoms with van der Waals surface area (Å²) >= 11 is 0. The molecule has 0 radical (unpaired) electrons. The molecule has 0 bridgehead atoms. The first kappa shape index (κ1) is 15.9. The van der Waals surface area contributed by atoms with Gasteiger partial charge in [0.05, 0.1) is 0 Å². The van der Waals surface area contributed by atoms with Crippen LogP contribution in [0.5, 0.6) is 0 Å². The Morgan fingerprint density at radius 3 is 2.62 bits per heavy atom.